The van der Waals surface area contributed by atoms with Crippen molar-refractivity contribution in [3.05, 3.63) is 57.6 Å². The van der Waals surface area contributed by atoms with E-state index in [0.717, 1.165) is 27.0 Å². The second kappa shape index (κ2) is 9.02. The zero-order valence-corrected chi connectivity index (χ0v) is 16.8. The molecule has 25 heavy (non-hydrogen) atoms. The first-order valence-corrected chi connectivity index (χ1v) is 9.09. The number of nitrogens with zero attached hydrogens (tertiary/aromatic N) is 1. The molecule has 0 fully saturated rings. The van der Waals surface area contributed by atoms with Gasteiger partial charge in [-0.15, -0.1) is 0 Å². The minimum absolute atomic E-state index is 0.0128. The molecule has 2 rings (SSSR count). The Morgan fingerprint density at radius 1 is 1.12 bits per heavy atom. The average Bonchev–Trinajstić information content (AvgIpc) is 2.52. The molecule has 0 aliphatic heterocycles. The van der Waals surface area contributed by atoms with Crippen LogP contribution in [0.4, 0.5) is 5.69 Å². The normalized spacial score (nSPS) is 10.8. The highest BCUT2D eigenvalue weighted by Crippen LogP contribution is 2.21. The number of hydrogen-bond donors (Lipinski definition) is 1. The summed E-state index contributed by atoms with van der Waals surface area (Å²) in [6.07, 6.45) is 0. The molecule has 0 aromatic heterocycles. The topological polar surface area (TPSA) is 41.6 Å². The van der Waals surface area contributed by atoms with Gasteiger partial charge in [-0.25, -0.2) is 0 Å². The first-order chi connectivity index (χ1) is 11.8. The van der Waals surface area contributed by atoms with Gasteiger partial charge in [-0.1, -0.05) is 33.6 Å². The molecule has 0 aliphatic rings. The quantitative estimate of drug-likeness (QED) is 0.746. The molecule has 134 valence electrons. The van der Waals surface area contributed by atoms with Crippen molar-refractivity contribution in [1.82, 2.24) is 4.90 Å². The zero-order valence-electron chi connectivity index (χ0n) is 15.2. The Kier molecular flexibility index (Phi) is 7.02. The van der Waals surface area contributed by atoms with Crippen LogP contribution in [0.5, 0.6) is 5.75 Å². The van der Waals surface area contributed by atoms with E-state index < -0.39 is 0 Å². The van der Waals surface area contributed by atoms with E-state index in [2.05, 4.69) is 40.3 Å². The lowest BCUT2D eigenvalue weighted by Gasteiger charge is -2.18. The third-order valence-electron chi connectivity index (χ3n) is 3.91. The molecule has 0 bridgehead atoms. The molecule has 1 N–H and O–H groups in total. The summed E-state index contributed by atoms with van der Waals surface area (Å²) >= 11 is 3.40. The molecular formula is C20H25BrN2O2. The predicted octanol–water partition coefficient (Wildman–Crippen LogP) is 4.32. The monoisotopic (exact) mass is 404 g/mol. The summed E-state index contributed by atoms with van der Waals surface area (Å²) in [6.45, 7) is 7.64. The van der Waals surface area contributed by atoms with E-state index in [1.807, 2.05) is 50.1 Å². The minimum atomic E-state index is -0.0128. The fourth-order valence-electron chi connectivity index (χ4n) is 2.73. The van der Waals surface area contributed by atoms with Gasteiger partial charge < -0.3 is 10.1 Å². The highest BCUT2D eigenvalue weighted by molar-refractivity contribution is 9.10. The standard InChI is InChI=1S/C20H25BrN2O2/c1-14-11-15(2)20(16(3)12-14)22-19(24)13-23(4)9-10-25-18-7-5-17(21)6-8-18/h5-8,11-12H,9-10,13H2,1-4H3,(H,22,24). The molecule has 0 spiro atoms. The maximum absolute atomic E-state index is 12.3. The molecule has 0 atom stereocenters. The number of benzene rings is 2. The van der Waals surface area contributed by atoms with E-state index in [1.165, 1.54) is 5.56 Å². The van der Waals surface area contributed by atoms with Crippen LogP contribution in [-0.2, 0) is 4.79 Å². The second-order valence-electron chi connectivity index (χ2n) is 6.36. The number of hydrogen-bond acceptors (Lipinski definition) is 3. The molecular weight excluding hydrogens is 380 g/mol. The minimum Gasteiger partial charge on any atom is -0.492 e. The van der Waals surface area contributed by atoms with Gasteiger partial charge in [-0.3, -0.25) is 9.69 Å². The number of ether oxygens (including phenoxy) is 1. The lowest BCUT2D eigenvalue weighted by molar-refractivity contribution is -0.117. The summed E-state index contributed by atoms with van der Waals surface area (Å²) in [6, 6.07) is 11.9. The Balaban J connectivity index is 1.79. The fourth-order valence-corrected chi connectivity index (χ4v) is 2.99. The van der Waals surface area contributed by atoms with Gasteiger partial charge in [0.15, 0.2) is 0 Å². The van der Waals surface area contributed by atoms with Crippen LogP contribution in [0.15, 0.2) is 40.9 Å². The number of rotatable bonds is 7. The molecule has 1 amide bonds. The number of carbonyl (C=O) groups excluding carboxylic acids is 1. The van der Waals surface area contributed by atoms with Gasteiger partial charge in [0.1, 0.15) is 12.4 Å². The van der Waals surface area contributed by atoms with Crippen LogP contribution < -0.4 is 10.1 Å². The first kappa shape index (κ1) is 19.5. The number of halogens is 1. The number of carbonyl (C=O) groups is 1. The van der Waals surface area contributed by atoms with Crippen LogP contribution >= 0.6 is 15.9 Å². The second-order valence-corrected chi connectivity index (χ2v) is 7.28. The number of amides is 1. The number of aryl methyl sites for hydroxylation is 3. The number of anilines is 1. The van der Waals surface area contributed by atoms with Gasteiger partial charge >= 0.3 is 0 Å². The molecule has 0 unspecified atom stereocenters. The Labute approximate surface area is 158 Å². The Hall–Kier alpha value is -1.85. The summed E-state index contributed by atoms with van der Waals surface area (Å²) < 4.78 is 6.71. The summed E-state index contributed by atoms with van der Waals surface area (Å²) in [7, 11) is 1.92. The molecule has 0 saturated heterocycles. The van der Waals surface area contributed by atoms with Crippen LogP contribution in [0.3, 0.4) is 0 Å². The van der Waals surface area contributed by atoms with Gasteiger partial charge in [0, 0.05) is 16.7 Å². The maximum Gasteiger partial charge on any atom is 0.238 e. The molecule has 0 saturated carbocycles. The Bertz CT molecular complexity index is 706. The predicted molar refractivity (Wildman–Crippen MR) is 106 cm³/mol. The van der Waals surface area contributed by atoms with Crippen LogP contribution in [0, 0.1) is 20.8 Å². The van der Waals surface area contributed by atoms with Crippen LogP contribution in [0.25, 0.3) is 0 Å². The van der Waals surface area contributed by atoms with Gasteiger partial charge in [-0.2, -0.15) is 0 Å². The SMILES string of the molecule is Cc1cc(C)c(NC(=O)CN(C)CCOc2ccc(Br)cc2)c(C)c1. The third-order valence-corrected chi connectivity index (χ3v) is 4.44. The van der Waals surface area contributed by atoms with E-state index in [1.54, 1.807) is 0 Å². The first-order valence-electron chi connectivity index (χ1n) is 8.30. The summed E-state index contributed by atoms with van der Waals surface area (Å²) in [4.78, 5) is 14.2. The average molecular weight is 405 g/mol. The molecule has 0 aliphatic carbocycles. The maximum atomic E-state index is 12.3. The van der Waals surface area contributed by atoms with Gasteiger partial charge in [0.05, 0.1) is 6.54 Å². The smallest absolute Gasteiger partial charge is 0.238 e. The summed E-state index contributed by atoms with van der Waals surface area (Å²) in [5.41, 5.74) is 4.30. The highest BCUT2D eigenvalue weighted by atomic mass is 79.9. The van der Waals surface area contributed by atoms with Crippen molar-refractivity contribution in [1.29, 1.82) is 0 Å². The van der Waals surface area contributed by atoms with E-state index in [9.17, 15) is 4.79 Å². The van der Waals surface area contributed by atoms with E-state index in [-0.39, 0.29) is 5.91 Å². The van der Waals surface area contributed by atoms with Crippen LogP contribution in [0.2, 0.25) is 0 Å². The molecule has 0 heterocycles. The van der Waals surface area contributed by atoms with E-state index in [4.69, 9.17) is 4.74 Å². The number of likely N-dealkylation sites (N-methyl/N-ethyl adjacent to an activating group) is 1. The van der Waals surface area contributed by atoms with Crippen molar-refractivity contribution >= 4 is 27.5 Å². The van der Waals surface area contributed by atoms with E-state index >= 15 is 0 Å². The zero-order chi connectivity index (χ0) is 18.4. The van der Waals surface area contributed by atoms with Crippen molar-refractivity contribution in [3.8, 4) is 5.75 Å². The van der Waals surface area contributed by atoms with Crippen molar-refractivity contribution < 1.29 is 9.53 Å². The lowest BCUT2D eigenvalue weighted by Crippen LogP contribution is -2.33. The van der Waals surface area contributed by atoms with Crippen molar-refractivity contribution in [2.45, 2.75) is 20.8 Å². The van der Waals surface area contributed by atoms with Crippen LogP contribution in [-0.4, -0.2) is 37.6 Å². The third kappa shape index (κ3) is 6.18. The molecule has 2 aromatic rings. The molecule has 0 radical (unpaired) electrons. The largest absolute Gasteiger partial charge is 0.492 e. The Morgan fingerprint density at radius 2 is 1.72 bits per heavy atom. The van der Waals surface area contributed by atoms with Crippen molar-refractivity contribution in [3.63, 3.8) is 0 Å². The molecule has 5 heteroatoms. The van der Waals surface area contributed by atoms with Gasteiger partial charge in [-0.05, 0) is 63.2 Å². The highest BCUT2D eigenvalue weighted by Gasteiger charge is 2.10. The van der Waals surface area contributed by atoms with Crippen molar-refractivity contribution in [2.24, 2.45) is 0 Å². The fraction of sp³-hybridized carbons (Fsp3) is 0.350. The van der Waals surface area contributed by atoms with Crippen LogP contribution in [0.1, 0.15) is 16.7 Å². The van der Waals surface area contributed by atoms with Crippen molar-refractivity contribution in [2.75, 3.05) is 32.1 Å². The van der Waals surface area contributed by atoms with Gasteiger partial charge in [0.2, 0.25) is 5.91 Å². The molecule has 4 nitrogen and oxygen atoms in total. The lowest BCUT2D eigenvalue weighted by atomic mass is 10.1. The Morgan fingerprint density at radius 3 is 2.32 bits per heavy atom. The molecule has 2 aromatic carbocycles. The summed E-state index contributed by atoms with van der Waals surface area (Å²) in [5, 5.41) is 3.02. The van der Waals surface area contributed by atoms with Gasteiger partial charge in [0.25, 0.3) is 0 Å². The number of nitrogens with one attached hydrogen (secondary N) is 1. The summed E-state index contributed by atoms with van der Waals surface area (Å²) in [5.74, 6) is 0.813. The van der Waals surface area contributed by atoms with E-state index in [0.29, 0.717) is 19.7 Å².